The minimum Gasteiger partial charge on any atom is -0.351 e. The molecule has 6 heteroatoms. The van der Waals surface area contributed by atoms with E-state index in [4.69, 9.17) is 5.73 Å². The summed E-state index contributed by atoms with van der Waals surface area (Å²) < 4.78 is 1.58. The van der Waals surface area contributed by atoms with Crippen LogP contribution in [0.25, 0.3) is 0 Å². The monoisotopic (exact) mass is 281 g/mol. The largest absolute Gasteiger partial charge is 0.351 e. The number of rotatable bonds is 10. The van der Waals surface area contributed by atoms with Crippen molar-refractivity contribution in [2.75, 3.05) is 13.1 Å². The van der Waals surface area contributed by atoms with Gasteiger partial charge in [0.15, 0.2) is 5.69 Å². The lowest BCUT2D eigenvalue weighted by Gasteiger charge is -2.05. The first-order chi connectivity index (χ1) is 9.63. The van der Waals surface area contributed by atoms with Crippen LogP contribution in [0.1, 0.15) is 56.4 Å². The quantitative estimate of drug-likeness (QED) is 0.637. The Morgan fingerprint density at radius 1 is 1.35 bits per heavy atom. The molecule has 0 unspecified atom stereocenters. The highest BCUT2D eigenvalue weighted by Crippen LogP contribution is 2.08. The number of hydrogen-bond acceptors (Lipinski definition) is 4. The number of hydrogen-bond donors (Lipinski definition) is 2. The van der Waals surface area contributed by atoms with Gasteiger partial charge in [-0.3, -0.25) is 9.48 Å². The smallest absolute Gasteiger partial charge is 0.273 e. The number of nitrogens with zero attached hydrogens (tertiary/aromatic N) is 3. The van der Waals surface area contributed by atoms with Crippen LogP contribution in [-0.4, -0.2) is 34.0 Å². The van der Waals surface area contributed by atoms with Gasteiger partial charge in [0.2, 0.25) is 0 Å². The van der Waals surface area contributed by atoms with E-state index in [0.717, 1.165) is 18.8 Å². The van der Waals surface area contributed by atoms with E-state index in [1.807, 2.05) is 0 Å². The Hall–Kier alpha value is -1.43. The van der Waals surface area contributed by atoms with E-state index in [0.29, 0.717) is 25.3 Å². The summed E-state index contributed by atoms with van der Waals surface area (Å²) in [5, 5.41) is 10.5. The predicted octanol–water partition coefficient (Wildman–Crippen LogP) is 1.57. The van der Waals surface area contributed by atoms with Gasteiger partial charge in [0.1, 0.15) is 0 Å². The average Bonchev–Trinajstić information content (AvgIpc) is 2.86. The fourth-order valence-electron chi connectivity index (χ4n) is 1.97. The summed E-state index contributed by atoms with van der Waals surface area (Å²) in [6, 6.07) is 0. The second-order valence-corrected chi connectivity index (χ2v) is 5.51. The van der Waals surface area contributed by atoms with Crippen LogP contribution in [-0.2, 0) is 6.54 Å². The van der Waals surface area contributed by atoms with Gasteiger partial charge in [-0.2, -0.15) is 0 Å². The van der Waals surface area contributed by atoms with E-state index in [1.54, 1.807) is 10.9 Å². The number of unbranched alkanes of at least 4 members (excludes halogenated alkanes) is 3. The molecule has 6 nitrogen and oxygen atoms in total. The molecule has 3 N–H and O–H groups in total. The first kappa shape index (κ1) is 16.6. The molecule has 0 aliphatic carbocycles. The Morgan fingerprint density at radius 3 is 2.80 bits per heavy atom. The zero-order chi connectivity index (χ0) is 14.8. The van der Waals surface area contributed by atoms with Gasteiger partial charge in [-0.05, 0) is 12.3 Å². The first-order valence-electron chi connectivity index (χ1n) is 7.52. The standard InChI is InChI=1S/C14H27N5O/c1-12(2)7-5-3-4-6-9-16-14(20)13-11-19(10-8-15)18-17-13/h11-12H,3-10,15H2,1-2H3,(H,16,20). The third-order valence-electron chi connectivity index (χ3n) is 3.12. The minimum absolute atomic E-state index is 0.157. The SMILES string of the molecule is CC(C)CCCCCCNC(=O)c1cn(CCN)nn1. The Balaban J connectivity index is 2.10. The van der Waals surface area contributed by atoms with Crippen LogP contribution in [0.4, 0.5) is 0 Å². The molecule has 0 radical (unpaired) electrons. The minimum atomic E-state index is -0.157. The first-order valence-corrected chi connectivity index (χ1v) is 7.52. The average molecular weight is 281 g/mol. The number of nitrogens with two attached hydrogens (primary N) is 1. The topological polar surface area (TPSA) is 85.8 Å². The maximum absolute atomic E-state index is 11.8. The van der Waals surface area contributed by atoms with Crippen LogP contribution in [0.15, 0.2) is 6.20 Å². The molecule has 0 aromatic carbocycles. The molecule has 114 valence electrons. The fraction of sp³-hybridized carbons (Fsp3) is 0.786. The summed E-state index contributed by atoms with van der Waals surface area (Å²) in [7, 11) is 0. The number of amides is 1. The van der Waals surface area contributed by atoms with Crippen LogP contribution >= 0.6 is 0 Å². The summed E-state index contributed by atoms with van der Waals surface area (Å²) >= 11 is 0. The molecule has 0 saturated carbocycles. The van der Waals surface area contributed by atoms with Gasteiger partial charge < -0.3 is 11.1 Å². The van der Waals surface area contributed by atoms with E-state index in [-0.39, 0.29) is 5.91 Å². The lowest BCUT2D eigenvalue weighted by molar-refractivity contribution is 0.0948. The zero-order valence-electron chi connectivity index (χ0n) is 12.6. The number of aromatic nitrogens is 3. The van der Waals surface area contributed by atoms with Gasteiger partial charge in [0.25, 0.3) is 5.91 Å². The maximum Gasteiger partial charge on any atom is 0.273 e. The van der Waals surface area contributed by atoms with Crippen LogP contribution in [0.2, 0.25) is 0 Å². The van der Waals surface area contributed by atoms with Crippen molar-refractivity contribution in [3.05, 3.63) is 11.9 Å². The summed E-state index contributed by atoms with van der Waals surface area (Å²) in [5.74, 6) is 0.626. The molecule has 0 bridgehead atoms. The van der Waals surface area contributed by atoms with Crippen molar-refractivity contribution in [3.63, 3.8) is 0 Å². The van der Waals surface area contributed by atoms with Crippen molar-refractivity contribution in [2.24, 2.45) is 11.7 Å². The van der Waals surface area contributed by atoms with Gasteiger partial charge >= 0.3 is 0 Å². The van der Waals surface area contributed by atoms with Gasteiger partial charge in [0.05, 0.1) is 12.7 Å². The Labute approximate surface area is 121 Å². The maximum atomic E-state index is 11.8. The molecular weight excluding hydrogens is 254 g/mol. The van der Waals surface area contributed by atoms with Crippen LogP contribution in [0, 0.1) is 5.92 Å². The molecule has 20 heavy (non-hydrogen) atoms. The highest BCUT2D eigenvalue weighted by Gasteiger charge is 2.09. The zero-order valence-corrected chi connectivity index (χ0v) is 12.6. The normalized spacial score (nSPS) is 11.0. The fourth-order valence-corrected chi connectivity index (χ4v) is 1.97. The number of carbonyl (C=O) groups excluding carboxylic acids is 1. The van der Waals surface area contributed by atoms with E-state index >= 15 is 0 Å². The lowest BCUT2D eigenvalue weighted by Crippen LogP contribution is -2.24. The third-order valence-corrected chi connectivity index (χ3v) is 3.12. The molecule has 0 spiro atoms. The highest BCUT2D eigenvalue weighted by molar-refractivity contribution is 5.91. The second kappa shape index (κ2) is 9.47. The Morgan fingerprint density at radius 2 is 2.10 bits per heavy atom. The van der Waals surface area contributed by atoms with Crippen molar-refractivity contribution in [1.82, 2.24) is 20.3 Å². The van der Waals surface area contributed by atoms with Crippen molar-refractivity contribution in [1.29, 1.82) is 0 Å². The second-order valence-electron chi connectivity index (χ2n) is 5.51. The number of carbonyl (C=O) groups is 1. The predicted molar refractivity (Wildman–Crippen MR) is 79.3 cm³/mol. The van der Waals surface area contributed by atoms with Crippen molar-refractivity contribution < 1.29 is 4.79 Å². The third kappa shape index (κ3) is 6.65. The van der Waals surface area contributed by atoms with E-state index < -0.39 is 0 Å². The van der Waals surface area contributed by atoms with Crippen LogP contribution in [0.5, 0.6) is 0 Å². The molecule has 1 aromatic heterocycles. The van der Waals surface area contributed by atoms with E-state index in [2.05, 4.69) is 29.5 Å². The van der Waals surface area contributed by atoms with Gasteiger partial charge in [-0.1, -0.05) is 44.7 Å². The van der Waals surface area contributed by atoms with Gasteiger partial charge in [0, 0.05) is 13.1 Å². The molecule has 1 heterocycles. The van der Waals surface area contributed by atoms with E-state index in [1.165, 1.54) is 19.3 Å². The molecule has 0 aliphatic heterocycles. The molecule has 1 amide bonds. The molecule has 0 atom stereocenters. The van der Waals surface area contributed by atoms with Crippen molar-refractivity contribution in [3.8, 4) is 0 Å². The molecular formula is C14H27N5O. The molecule has 1 rings (SSSR count). The molecule has 0 aliphatic rings. The van der Waals surface area contributed by atoms with Crippen LogP contribution < -0.4 is 11.1 Å². The molecule has 1 aromatic rings. The summed E-state index contributed by atoms with van der Waals surface area (Å²) in [4.78, 5) is 11.8. The van der Waals surface area contributed by atoms with Gasteiger partial charge in [-0.25, -0.2) is 0 Å². The summed E-state index contributed by atoms with van der Waals surface area (Å²) in [5.41, 5.74) is 5.77. The lowest BCUT2D eigenvalue weighted by atomic mass is 10.0. The van der Waals surface area contributed by atoms with Gasteiger partial charge in [-0.15, -0.1) is 5.10 Å². The van der Waals surface area contributed by atoms with Crippen LogP contribution in [0.3, 0.4) is 0 Å². The summed E-state index contributed by atoms with van der Waals surface area (Å²) in [6.45, 7) is 6.26. The Kier molecular flexibility index (Phi) is 7.87. The Bertz CT molecular complexity index is 389. The van der Waals surface area contributed by atoms with Crippen molar-refractivity contribution in [2.45, 2.75) is 52.5 Å². The van der Waals surface area contributed by atoms with Crippen molar-refractivity contribution >= 4 is 5.91 Å². The molecule has 0 saturated heterocycles. The van der Waals surface area contributed by atoms with E-state index in [9.17, 15) is 4.79 Å². The molecule has 0 fully saturated rings. The number of nitrogens with one attached hydrogen (secondary N) is 1. The summed E-state index contributed by atoms with van der Waals surface area (Å²) in [6.07, 6.45) is 7.61. The highest BCUT2D eigenvalue weighted by atomic mass is 16.2.